The quantitative estimate of drug-likeness (QED) is 0.780. The molecule has 6 nitrogen and oxygen atoms in total. The lowest BCUT2D eigenvalue weighted by Crippen LogP contribution is -2.31. The molecule has 0 fully saturated rings. The van der Waals surface area contributed by atoms with Crippen LogP contribution in [0.2, 0.25) is 0 Å². The van der Waals surface area contributed by atoms with Crippen molar-refractivity contribution in [1.29, 1.82) is 0 Å². The van der Waals surface area contributed by atoms with Crippen molar-refractivity contribution in [2.75, 3.05) is 46.3 Å². The highest BCUT2D eigenvalue weighted by atomic mass is 16.5. The van der Waals surface area contributed by atoms with Crippen molar-refractivity contribution in [3.8, 4) is 0 Å². The number of methoxy groups -OCH3 is 2. The fourth-order valence-electron chi connectivity index (χ4n) is 2.00. The summed E-state index contributed by atoms with van der Waals surface area (Å²) in [5, 5.41) is 4.40. The van der Waals surface area contributed by atoms with Gasteiger partial charge in [-0.2, -0.15) is 5.10 Å². The van der Waals surface area contributed by atoms with Gasteiger partial charge in [0, 0.05) is 39.4 Å². The normalized spacial score (nSPS) is 12.3. The molecule has 116 valence electrons. The minimum absolute atomic E-state index is 0.105. The van der Waals surface area contributed by atoms with Crippen LogP contribution < -0.4 is 5.73 Å². The molecule has 20 heavy (non-hydrogen) atoms. The molecule has 0 saturated heterocycles. The average Bonchev–Trinajstić information content (AvgIpc) is 2.74. The first kappa shape index (κ1) is 16.9. The van der Waals surface area contributed by atoms with Crippen LogP contribution in [-0.2, 0) is 21.6 Å². The molecule has 0 spiro atoms. The summed E-state index contributed by atoms with van der Waals surface area (Å²) in [4.78, 5) is 2.26. The number of aromatic nitrogens is 2. The SMILES string of the molecule is COCCN(CCOC)Cc1cnn(C(C)(C)C)c1N. The van der Waals surface area contributed by atoms with E-state index >= 15 is 0 Å². The van der Waals surface area contributed by atoms with E-state index in [4.69, 9.17) is 15.2 Å². The lowest BCUT2D eigenvalue weighted by atomic mass is 10.1. The maximum absolute atomic E-state index is 6.21. The van der Waals surface area contributed by atoms with E-state index in [9.17, 15) is 0 Å². The summed E-state index contributed by atoms with van der Waals surface area (Å²) in [6.07, 6.45) is 1.85. The Kier molecular flexibility index (Phi) is 6.45. The van der Waals surface area contributed by atoms with E-state index in [2.05, 4.69) is 30.8 Å². The van der Waals surface area contributed by atoms with Crippen LogP contribution in [-0.4, -0.2) is 55.2 Å². The maximum atomic E-state index is 6.21. The second-order valence-corrected chi connectivity index (χ2v) is 5.90. The van der Waals surface area contributed by atoms with Gasteiger partial charge in [-0.25, -0.2) is 4.68 Å². The van der Waals surface area contributed by atoms with Gasteiger partial charge in [0.2, 0.25) is 0 Å². The molecule has 0 aliphatic heterocycles. The molecule has 6 heteroatoms. The molecule has 1 aromatic heterocycles. The molecule has 1 rings (SSSR count). The number of nitrogen functional groups attached to an aromatic ring is 1. The number of hydrogen-bond donors (Lipinski definition) is 1. The van der Waals surface area contributed by atoms with E-state index < -0.39 is 0 Å². The van der Waals surface area contributed by atoms with Crippen LogP contribution in [0, 0.1) is 0 Å². The maximum Gasteiger partial charge on any atom is 0.126 e. The van der Waals surface area contributed by atoms with Gasteiger partial charge in [0.1, 0.15) is 5.82 Å². The van der Waals surface area contributed by atoms with E-state index in [-0.39, 0.29) is 5.54 Å². The zero-order valence-electron chi connectivity index (χ0n) is 13.3. The van der Waals surface area contributed by atoms with Crippen LogP contribution in [0.15, 0.2) is 6.20 Å². The zero-order chi connectivity index (χ0) is 15.2. The number of rotatable bonds is 8. The summed E-state index contributed by atoms with van der Waals surface area (Å²) in [6, 6.07) is 0. The van der Waals surface area contributed by atoms with Gasteiger partial charge >= 0.3 is 0 Å². The largest absolute Gasteiger partial charge is 0.384 e. The van der Waals surface area contributed by atoms with Crippen LogP contribution in [0.25, 0.3) is 0 Å². The first-order chi connectivity index (χ1) is 9.40. The van der Waals surface area contributed by atoms with E-state index in [0.717, 1.165) is 31.0 Å². The molecule has 0 atom stereocenters. The second-order valence-electron chi connectivity index (χ2n) is 5.90. The van der Waals surface area contributed by atoms with E-state index in [1.54, 1.807) is 14.2 Å². The molecule has 1 aromatic rings. The van der Waals surface area contributed by atoms with Crippen molar-refractivity contribution in [3.05, 3.63) is 11.8 Å². The molecule has 0 amide bonds. The number of nitrogens with two attached hydrogens (primary N) is 1. The monoisotopic (exact) mass is 284 g/mol. The van der Waals surface area contributed by atoms with Crippen molar-refractivity contribution in [1.82, 2.24) is 14.7 Å². The summed E-state index contributed by atoms with van der Waals surface area (Å²) >= 11 is 0. The molecular weight excluding hydrogens is 256 g/mol. The molecule has 2 N–H and O–H groups in total. The summed E-state index contributed by atoms with van der Waals surface area (Å²) in [6.45, 7) is 10.1. The predicted octanol–water partition coefficient (Wildman–Crippen LogP) is 1.32. The molecule has 0 aliphatic carbocycles. The standard InChI is InChI=1S/C14H28N4O2/c1-14(2,3)18-13(15)12(10-16-18)11-17(6-8-19-4)7-9-20-5/h10H,6-9,11,15H2,1-5H3. The topological polar surface area (TPSA) is 65.5 Å². The van der Waals surface area contributed by atoms with Gasteiger partial charge in [0.15, 0.2) is 0 Å². The van der Waals surface area contributed by atoms with Crippen LogP contribution in [0.5, 0.6) is 0 Å². The molecule has 0 bridgehead atoms. The minimum Gasteiger partial charge on any atom is -0.384 e. The molecule has 0 unspecified atom stereocenters. The van der Waals surface area contributed by atoms with Gasteiger partial charge < -0.3 is 15.2 Å². The fraction of sp³-hybridized carbons (Fsp3) is 0.786. The van der Waals surface area contributed by atoms with Crippen LogP contribution >= 0.6 is 0 Å². The molecule has 0 radical (unpaired) electrons. The molecule has 1 heterocycles. The highest BCUT2D eigenvalue weighted by Gasteiger charge is 2.20. The highest BCUT2D eigenvalue weighted by molar-refractivity contribution is 5.39. The summed E-state index contributed by atoms with van der Waals surface area (Å²) < 4.78 is 12.2. The summed E-state index contributed by atoms with van der Waals surface area (Å²) in [5.74, 6) is 0.734. The van der Waals surface area contributed by atoms with Crippen molar-refractivity contribution in [2.24, 2.45) is 0 Å². The molecular formula is C14H28N4O2. The predicted molar refractivity (Wildman–Crippen MR) is 80.7 cm³/mol. The summed E-state index contributed by atoms with van der Waals surface area (Å²) in [5.41, 5.74) is 7.15. The second kappa shape index (κ2) is 7.61. The Bertz CT molecular complexity index is 390. The van der Waals surface area contributed by atoms with Crippen molar-refractivity contribution < 1.29 is 9.47 Å². The van der Waals surface area contributed by atoms with Crippen LogP contribution in [0.4, 0.5) is 5.82 Å². The number of ether oxygens (including phenoxy) is 2. The zero-order valence-corrected chi connectivity index (χ0v) is 13.3. The van der Waals surface area contributed by atoms with Crippen molar-refractivity contribution in [2.45, 2.75) is 32.9 Å². The Labute approximate surface area is 121 Å². The lowest BCUT2D eigenvalue weighted by Gasteiger charge is -2.23. The van der Waals surface area contributed by atoms with Crippen molar-refractivity contribution in [3.63, 3.8) is 0 Å². The number of anilines is 1. The molecule has 0 saturated carbocycles. The van der Waals surface area contributed by atoms with E-state index in [1.807, 2.05) is 10.9 Å². The smallest absolute Gasteiger partial charge is 0.126 e. The number of nitrogens with zero attached hydrogens (tertiary/aromatic N) is 3. The van der Waals surface area contributed by atoms with Gasteiger partial charge in [-0.3, -0.25) is 4.90 Å². The third-order valence-electron chi connectivity index (χ3n) is 3.14. The Hall–Kier alpha value is -1.11. The third-order valence-corrected chi connectivity index (χ3v) is 3.14. The molecule has 0 aliphatic rings. The van der Waals surface area contributed by atoms with Crippen molar-refractivity contribution >= 4 is 5.82 Å². The van der Waals surface area contributed by atoms with Crippen LogP contribution in [0.3, 0.4) is 0 Å². The average molecular weight is 284 g/mol. The van der Waals surface area contributed by atoms with Gasteiger partial charge in [-0.05, 0) is 20.8 Å². The minimum atomic E-state index is -0.105. The lowest BCUT2D eigenvalue weighted by molar-refractivity contribution is 0.110. The number of hydrogen-bond acceptors (Lipinski definition) is 5. The van der Waals surface area contributed by atoms with Crippen LogP contribution in [0.1, 0.15) is 26.3 Å². The third kappa shape index (κ3) is 4.77. The van der Waals surface area contributed by atoms with Gasteiger partial charge in [-0.1, -0.05) is 0 Å². The Morgan fingerprint density at radius 1 is 1.20 bits per heavy atom. The fourth-order valence-corrected chi connectivity index (χ4v) is 2.00. The first-order valence-electron chi connectivity index (χ1n) is 6.93. The Morgan fingerprint density at radius 3 is 2.15 bits per heavy atom. The van der Waals surface area contributed by atoms with Gasteiger partial charge in [-0.15, -0.1) is 0 Å². The Morgan fingerprint density at radius 2 is 1.75 bits per heavy atom. The first-order valence-corrected chi connectivity index (χ1v) is 6.93. The highest BCUT2D eigenvalue weighted by Crippen LogP contribution is 2.21. The van der Waals surface area contributed by atoms with E-state index in [1.165, 1.54) is 0 Å². The van der Waals surface area contributed by atoms with Gasteiger partial charge in [0.05, 0.1) is 24.9 Å². The van der Waals surface area contributed by atoms with Gasteiger partial charge in [0.25, 0.3) is 0 Å². The summed E-state index contributed by atoms with van der Waals surface area (Å²) in [7, 11) is 3.42. The molecule has 0 aromatic carbocycles. The Balaban J connectivity index is 2.75. The van der Waals surface area contributed by atoms with E-state index in [0.29, 0.717) is 13.2 Å².